The van der Waals surface area contributed by atoms with E-state index in [4.69, 9.17) is 10.00 Å². The lowest BCUT2D eigenvalue weighted by atomic mass is 9.88. The summed E-state index contributed by atoms with van der Waals surface area (Å²) in [4.78, 5) is 12.3. The van der Waals surface area contributed by atoms with E-state index in [0.29, 0.717) is 17.5 Å². The van der Waals surface area contributed by atoms with E-state index in [9.17, 15) is 13.6 Å². The van der Waals surface area contributed by atoms with Crippen molar-refractivity contribution in [3.63, 3.8) is 0 Å². The Morgan fingerprint density at radius 2 is 1.84 bits per heavy atom. The first-order chi connectivity index (χ1) is 15.0. The van der Waals surface area contributed by atoms with Gasteiger partial charge in [0.1, 0.15) is 22.9 Å². The summed E-state index contributed by atoms with van der Waals surface area (Å²) in [6, 6.07) is 10.1. The van der Waals surface area contributed by atoms with Crippen LogP contribution in [0.1, 0.15) is 72.9 Å². The average molecular weight is 421 g/mol. The van der Waals surface area contributed by atoms with Gasteiger partial charge in [-0.1, -0.05) is 50.0 Å². The molecule has 160 valence electrons. The minimum Gasteiger partial charge on any atom is -0.423 e. The second-order valence-corrected chi connectivity index (χ2v) is 7.68. The van der Waals surface area contributed by atoms with Gasteiger partial charge in [-0.3, -0.25) is 0 Å². The maximum Gasteiger partial charge on any atom is 0.349 e. The number of ether oxygens (including phenoxy) is 1. The van der Waals surface area contributed by atoms with Crippen LogP contribution in [0.3, 0.4) is 0 Å². The van der Waals surface area contributed by atoms with Gasteiger partial charge in [-0.2, -0.15) is 5.26 Å². The Hall–Kier alpha value is -3.26. The lowest BCUT2D eigenvalue weighted by Crippen LogP contribution is -2.14. The highest BCUT2D eigenvalue weighted by Crippen LogP contribution is 2.31. The standard InChI is InChI=1S/C26H25F2NO2/c1-2-3-4-5-6-18-7-11-20(12-8-18)21-15-23(27)25(24(28)16-21)26(30)31-22-13-9-19(17-29)10-14-22/h7-11,13-16,20H,2-6,12H2,1H3. The Labute approximate surface area is 181 Å². The van der Waals surface area contributed by atoms with Crippen LogP contribution in [0.2, 0.25) is 0 Å². The van der Waals surface area contributed by atoms with Crippen LogP contribution in [0.25, 0.3) is 0 Å². The topological polar surface area (TPSA) is 50.1 Å². The molecule has 3 rings (SSSR count). The molecule has 0 aromatic heterocycles. The Balaban J connectivity index is 1.66. The molecule has 0 aliphatic heterocycles. The first-order valence-corrected chi connectivity index (χ1v) is 10.6. The molecule has 3 nitrogen and oxygen atoms in total. The molecule has 2 aromatic carbocycles. The molecule has 0 spiro atoms. The van der Waals surface area contributed by atoms with Gasteiger partial charge in [-0.15, -0.1) is 0 Å². The SMILES string of the molecule is CCCCCCC1=CCC(c2cc(F)c(C(=O)Oc3ccc(C#N)cc3)c(F)c2)C=C1. The van der Waals surface area contributed by atoms with Gasteiger partial charge in [0.05, 0.1) is 11.6 Å². The normalized spacial score (nSPS) is 15.3. The number of unbranched alkanes of at least 4 members (excludes halogenated alkanes) is 3. The third kappa shape index (κ3) is 5.88. The highest BCUT2D eigenvalue weighted by Gasteiger charge is 2.23. The van der Waals surface area contributed by atoms with Gasteiger partial charge < -0.3 is 4.74 Å². The van der Waals surface area contributed by atoms with Gasteiger partial charge in [-0.25, -0.2) is 13.6 Å². The van der Waals surface area contributed by atoms with Crippen LogP contribution in [-0.2, 0) is 0 Å². The monoisotopic (exact) mass is 421 g/mol. The van der Waals surface area contributed by atoms with Crippen LogP contribution >= 0.6 is 0 Å². The predicted octanol–water partition coefficient (Wildman–Crippen LogP) is 7.00. The molecule has 0 saturated carbocycles. The van der Waals surface area contributed by atoms with E-state index >= 15 is 0 Å². The maximum absolute atomic E-state index is 14.6. The largest absolute Gasteiger partial charge is 0.423 e. The molecular formula is C26H25F2NO2. The molecule has 0 radical (unpaired) electrons. The van der Waals surface area contributed by atoms with Crippen molar-refractivity contribution >= 4 is 5.97 Å². The number of halogens is 2. The molecule has 2 aromatic rings. The summed E-state index contributed by atoms with van der Waals surface area (Å²) in [5, 5.41) is 8.80. The molecule has 0 N–H and O–H groups in total. The Morgan fingerprint density at radius 3 is 2.42 bits per heavy atom. The summed E-state index contributed by atoms with van der Waals surface area (Å²) in [5.41, 5.74) is 1.42. The fraction of sp³-hybridized carbons (Fsp3) is 0.308. The van der Waals surface area contributed by atoms with E-state index in [1.165, 1.54) is 61.2 Å². The highest BCUT2D eigenvalue weighted by molar-refractivity contribution is 5.91. The molecule has 1 unspecified atom stereocenters. The van der Waals surface area contributed by atoms with Crippen LogP contribution in [0.15, 0.2) is 60.2 Å². The molecule has 1 aliphatic carbocycles. The van der Waals surface area contributed by atoms with Crippen molar-refractivity contribution in [3.8, 4) is 11.8 Å². The van der Waals surface area contributed by atoms with E-state index in [-0.39, 0.29) is 11.7 Å². The first kappa shape index (κ1) is 22.4. The van der Waals surface area contributed by atoms with E-state index in [1.54, 1.807) is 0 Å². The molecular weight excluding hydrogens is 396 g/mol. The number of esters is 1. The van der Waals surface area contributed by atoms with Gasteiger partial charge in [0.2, 0.25) is 0 Å². The number of nitriles is 1. The predicted molar refractivity (Wildman–Crippen MR) is 116 cm³/mol. The van der Waals surface area contributed by atoms with Crippen molar-refractivity contribution in [2.24, 2.45) is 0 Å². The van der Waals surface area contributed by atoms with Gasteiger partial charge in [0, 0.05) is 5.92 Å². The zero-order valence-electron chi connectivity index (χ0n) is 17.5. The summed E-state index contributed by atoms with van der Waals surface area (Å²) >= 11 is 0. The number of nitrogens with zero attached hydrogens (tertiary/aromatic N) is 1. The van der Waals surface area contributed by atoms with Gasteiger partial charge in [0.25, 0.3) is 0 Å². The van der Waals surface area contributed by atoms with Crippen LogP contribution < -0.4 is 4.74 Å². The summed E-state index contributed by atoms with van der Waals surface area (Å²) < 4.78 is 34.3. The highest BCUT2D eigenvalue weighted by atomic mass is 19.1. The quantitative estimate of drug-likeness (QED) is 0.262. The molecule has 5 heteroatoms. The van der Waals surface area contributed by atoms with Crippen LogP contribution in [-0.4, -0.2) is 5.97 Å². The third-order valence-corrected chi connectivity index (χ3v) is 5.39. The van der Waals surface area contributed by atoms with Crippen molar-refractivity contribution in [2.45, 2.75) is 51.4 Å². The van der Waals surface area contributed by atoms with Crippen molar-refractivity contribution in [1.29, 1.82) is 5.26 Å². The van der Waals surface area contributed by atoms with Crippen molar-refractivity contribution in [3.05, 3.63) is 88.5 Å². The number of hydrogen-bond acceptors (Lipinski definition) is 3. The minimum atomic E-state index is -1.11. The zero-order valence-corrected chi connectivity index (χ0v) is 17.5. The van der Waals surface area contributed by atoms with Crippen LogP contribution in [0, 0.1) is 23.0 Å². The lowest BCUT2D eigenvalue weighted by Gasteiger charge is -2.18. The van der Waals surface area contributed by atoms with Crippen LogP contribution in [0.5, 0.6) is 5.75 Å². The van der Waals surface area contributed by atoms with Crippen molar-refractivity contribution in [2.75, 3.05) is 0 Å². The molecule has 0 amide bonds. The van der Waals surface area contributed by atoms with E-state index in [0.717, 1.165) is 12.8 Å². The summed E-state index contributed by atoms with van der Waals surface area (Å²) in [5.74, 6) is -3.03. The fourth-order valence-corrected chi connectivity index (χ4v) is 3.61. The third-order valence-electron chi connectivity index (χ3n) is 5.39. The van der Waals surface area contributed by atoms with Crippen molar-refractivity contribution in [1.82, 2.24) is 0 Å². The van der Waals surface area contributed by atoms with Gasteiger partial charge in [0.15, 0.2) is 0 Å². The molecule has 1 atom stereocenters. The molecule has 0 saturated heterocycles. The number of hydrogen-bond donors (Lipinski definition) is 0. The number of benzene rings is 2. The summed E-state index contributed by atoms with van der Waals surface area (Å²) in [6.07, 6.45) is 12.6. The second-order valence-electron chi connectivity index (χ2n) is 7.68. The first-order valence-electron chi connectivity index (χ1n) is 10.6. The Kier molecular flexibility index (Phi) is 7.72. The molecule has 0 bridgehead atoms. The fourth-order valence-electron chi connectivity index (χ4n) is 3.61. The Bertz CT molecular complexity index is 1010. The number of allylic oxidation sites excluding steroid dienone is 4. The van der Waals surface area contributed by atoms with Crippen molar-refractivity contribution < 1.29 is 18.3 Å². The van der Waals surface area contributed by atoms with E-state index in [1.807, 2.05) is 18.2 Å². The number of carbonyl (C=O) groups is 1. The minimum absolute atomic E-state index is 0.110. The summed E-state index contributed by atoms with van der Waals surface area (Å²) in [7, 11) is 0. The second kappa shape index (κ2) is 10.7. The molecule has 0 heterocycles. The average Bonchev–Trinajstić information content (AvgIpc) is 2.77. The van der Waals surface area contributed by atoms with E-state index in [2.05, 4.69) is 13.0 Å². The van der Waals surface area contributed by atoms with Gasteiger partial charge >= 0.3 is 5.97 Å². The number of carbonyl (C=O) groups excluding carboxylic acids is 1. The molecule has 31 heavy (non-hydrogen) atoms. The zero-order chi connectivity index (χ0) is 22.2. The van der Waals surface area contributed by atoms with Crippen LogP contribution in [0.4, 0.5) is 8.78 Å². The maximum atomic E-state index is 14.6. The smallest absolute Gasteiger partial charge is 0.349 e. The lowest BCUT2D eigenvalue weighted by molar-refractivity contribution is 0.0724. The van der Waals surface area contributed by atoms with Gasteiger partial charge in [-0.05, 0) is 61.2 Å². The van der Waals surface area contributed by atoms with E-state index < -0.39 is 23.2 Å². The molecule has 0 fully saturated rings. The molecule has 1 aliphatic rings. The number of rotatable bonds is 8. The Morgan fingerprint density at radius 1 is 1.13 bits per heavy atom. The summed E-state index contributed by atoms with van der Waals surface area (Å²) in [6.45, 7) is 2.18.